The number of nitrogens with one attached hydrogen (secondary N) is 2. The van der Waals surface area contributed by atoms with Crippen molar-refractivity contribution < 1.29 is 9.90 Å². The first-order chi connectivity index (χ1) is 8.47. The van der Waals surface area contributed by atoms with E-state index >= 15 is 0 Å². The van der Waals surface area contributed by atoms with E-state index in [9.17, 15) is 9.90 Å². The van der Waals surface area contributed by atoms with Crippen LogP contribution in [0.4, 0.5) is 0 Å². The van der Waals surface area contributed by atoms with Gasteiger partial charge < -0.3 is 15.7 Å². The third-order valence-corrected chi connectivity index (χ3v) is 4.37. The Kier molecular flexibility index (Phi) is 3.99. The number of aliphatic hydroxyl groups excluding tert-OH is 1. The Morgan fingerprint density at radius 2 is 2.33 bits per heavy atom. The minimum Gasteiger partial charge on any atom is -0.392 e. The molecule has 3 unspecified atom stereocenters. The molecular weight excluding hydrogens is 250 g/mol. The van der Waals surface area contributed by atoms with Gasteiger partial charge in [0.05, 0.1) is 28.9 Å². The van der Waals surface area contributed by atoms with Crippen LogP contribution < -0.4 is 10.6 Å². The number of aromatic nitrogens is 1. The number of amides is 1. The van der Waals surface area contributed by atoms with Crippen LogP contribution in [0.1, 0.15) is 35.0 Å². The molecule has 0 aliphatic carbocycles. The van der Waals surface area contributed by atoms with Gasteiger partial charge in [0, 0.05) is 11.4 Å². The van der Waals surface area contributed by atoms with Crippen molar-refractivity contribution in [1.82, 2.24) is 15.6 Å². The number of aryl methyl sites for hydroxylation is 2. The number of hydrogen-bond acceptors (Lipinski definition) is 5. The second-order valence-corrected chi connectivity index (χ2v) is 6.00. The minimum absolute atomic E-state index is 0.0387. The lowest BCUT2D eigenvalue weighted by atomic mass is 10.1. The normalized spacial score (nSPS) is 25.1. The van der Waals surface area contributed by atoms with Crippen molar-refractivity contribution >= 4 is 17.2 Å². The molecule has 1 aliphatic rings. The van der Waals surface area contributed by atoms with Crippen LogP contribution >= 0.6 is 11.3 Å². The standard InChI is InChI=1S/C12H19N3O2S/c1-6-11(18-8(3)14-6)7(2)15-12(17)10-4-9(16)5-13-10/h7,9-10,13,16H,4-5H2,1-3H3,(H,15,17). The Morgan fingerprint density at radius 1 is 1.61 bits per heavy atom. The fraction of sp³-hybridized carbons (Fsp3) is 0.667. The van der Waals surface area contributed by atoms with Gasteiger partial charge in [0.15, 0.2) is 0 Å². The van der Waals surface area contributed by atoms with Crippen LogP contribution in [0.3, 0.4) is 0 Å². The first-order valence-corrected chi connectivity index (χ1v) is 6.94. The summed E-state index contributed by atoms with van der Waals surface area (Å²) < 4.78 is 0. The van der Waals surface area contributed by atoms with Gasteiger partial charge in [-0.2, -0.15) is 0 Å². The van der Waals surface area contributed by atoms with Crippen molar-refractivity contribution in [3.63, 3.8) is 0 Å². The second kappa shape index (κ2) is 5.34. The molecule has 0 radical (unpaired) electrons. The van der Waals surface area contributed by atoms with Gasteiger partial charge in [0.2, 0.25) is 5.91 Å². The third kappa shape index (κ3) is 2.88. The average Bonchev–Trinajstić information content (AvgIpc) is 2.84. The average molecular weight is 269 g/mol. The monoisotopic (exact) mass is 269 g/mol. The van der Waals surface area contributed by atoms with E-state index in [-0.39, 0.29) is 18.0 Å². The van der Waals surface area contributed by atoms with Gasteiger partial charge in [-0.15, -0.1) is 11.3 Å². The highest BCUT2D eigenvalue weighted by Crippen LogP contribution is 2.24. The van der Waals surface area contributed by atoms with Crippen LogP contribution in [0.5, 0.6) is 0 Å². The van der Waals surface area contributed by atoms with E-state index in [1.165, 1.54) is 0 Å². The number of carbonyl (C=O) groups is 1. The maximum Gasteiger partial charge on any atom is 0.237 e. The molecule has 3 atom stereocenters. The Hall–Kier alpha value is -0.980. The Bertz CT molecular complexity index is 447. The summed E-state index contributed by atoms with van der Waals surface area (Å²) in [6.45, 7) is 6.37. The predicted molar refractivity (Wildman–Crippen MR) is 70.6 cm³/mol. The summed E-state index contributed by atoms with van der Waals surface area (Å²) in [7, 11) is 0. The number of hydrogen-bond donors (Lipinski definition) is 3. The molecule has 1 aromatic rings. The van der Waals surface area contributed by atoms with E-state index in [4.69, 9.17) is 0 Å². The van der Waals surface area contributed by atoms with Crippen molar-refractivity contribution in [2.24, 2.45) is 0 Å². The molecule has 3 N–H and O–H groups in total. The van der Waals surface area contributed by atoms with Gasteiger partial charge in [0.25, 0.3) is 0 Å². The molecule has 2 heterocycles. The second-order valence-electron chi connectivity index (χ2n) is 4.76. The maximum absolute atomic E-state index is 12.0. The molecule has 5 nitrogen and oxygen atoms in total. The topological polar surface area (TPSA) is 74.2 Å². The van der Waals surface area contributed by atoms with Gasteiger partial charge in [-0.1, -0.05) is 0 Å². The molecular formula is C12H19N3O2S. The number of nitrogens with zero attached hydrogens (tertiary/aromatic N) is 1. The number of β-amino-alcohol motifs (C(OH)–C–C–N with tert-alkyl or cyclic N) is 1. The van der Waals surface area contributed by atoms with E-state index in [0.717, 1.165) is 15.6 Å². The van der Waals surface area contributed by atoms with Crippen LogP contribution in [0.15, 0.2) is 0 Å². The first-order valence-electron chi connectivity index (χ1n) is 6.13. The number of thiazole rings is 1. The molecule has 100 valence electrons. The van der Waals surface area contributed by atoms with Crippen LogP contribution in [0.2, 0.25) is 0 Å². The predicted octanol–water partition coefficient (Wildman–Crippen LogP) is 0.660. The van der Waals surface area contributed by atoms with E-state index in [0.29, 0.717) is 13.0 Å². The molecule has 1 aromatic heterocycles. The van der Waals surface area contributed by atoms with Crippen molar-refractivity contribution in [3.8, 4) is 0 Å². The van der Waals surface area contributed by atoms with Crippen molar-refractivity contribution in [3.05, 3.63) is 15.6 Å². The molecule has 1 amide bonds. The summed E-state index contributed by atoms with van der Waals surface area (Å²) in [6.07, 6.45) is 0.0719. The van der Waals surface area contributed by atoms with E-state index in [1.54, 1.807) is 11.3 Å². The van der Waals surface area contributed by atoms with Gasteiger partial charge in [-0.25, -0.2) is 4.98 Å². The number of carbonyl (C=O) groups excluding carboxylic acids is 1. The Morgan fingerprint density at radius 3 is 2.83 bits per heavy atom. The lowest BCUT2D eigenvalue weighted by Crippen LogP contribution is -2.41. The first kappa shape index (κ1) is 13.5. The van der Waals surface area contributed by atoms with Crippen LogP contribution in [-0.4, -0.2) is 34.7 Å². The van der Waals surface area contributed by atoms with Gasteiger partial charge >= 0.3 is 0 Å². The van der Waals surface area contributed by atoms with Gasteiger partial charge in [-0.05, 0) is 27.2 Å². The lowest BCUT2D eigenvalue weighted by molar-refractivity contribution is -0.123. The minimum atomic E-state index is -0.413. The maximum atomic E-state index is 12.0. The zero-order chi connectivity index (χ0) is 13.3. The molecule has 0 bridgehead atoms. The van der Waals surface area contributed by atoms with Crippen molar-refractivity contribution in [2.45, 2.75) is 45.4 Å². The summed E-state index contributed by atoms with van der Waals surface area (Å²) in [5, 5.41) is 16.4. The number of aliphatic hydroxyl groups is 1. The Labute approximate surface area is 111 Å². The smallest absolute Gasteiger partial charge is 0.237 e. The van der Waals surface area contributed by atoms with E-state index < -0.39 is 6.10 Å². The molecule has 18 heavy (non-hydrogen) atoms. The Balaban J connectivity index is 1.97. The molecule has 1 saturated heterocycles. The fourth-order valence-corrected chi connectivity index (χ4v) is 3.17. The van der Waals surface area contributed by atoms with Gasteiger partial charge in [-0.3, -0.25) is 4.79 Å². The van der Waals surface area contributed by atoms with E-state index in [2.05, 4.69) is 15.6 Å². The summed E-state index contributed by atoms with van der Waals surface area (Å²) >= 11 is 1.61. The zero-order valence-corrected chi connectivity index (χ0v) is 11.7. The van der Waals surface area contributed by atoms with Crippen molar-refractivity contribution in [1.29, 1.82) is 0 Å². The van der Waals surface area contributed by atoms with Crippen molar-refractivity contribution in [2.75, 3.05) is 6.54 Å². The summed E-state index contributed by atoms with van der Waals surface area (Å²) in [4.78, 5) is 17.4. The van der Waals surface area contributed by atoms with E-state index in [1.807, 2.05) is 20.8 Å². The molecule has 0 spiro atoms. The molecule has 0 aromatic carbocycles. The fourth-order valence-electron chi connectivity index (χ4n) is 2.25. The highest BCUT2D eigenvalue weighted by molar-refractivity contribution is 7.11. The largest absolute Gasteiger partial charge is 0.392 e. The highest BCUT2D eigenvalue weighted by Gasteiger charge is 2.29. The van der Waals surface area contributed by atoms with Crippen LogP contribution in [0.25, 0.3) is 0 Å². The van der Waals surface area contributed by atoms with Crippen LogP contribution in [-0.2, 0) is 4.79 Å². The quantitative estimate of drug-likeness (QED) is 0.753. The molecule has 0 saturated carbocycles. The summed E-state index contributed by atoms with van der Waals surface area (Å²) in [6, 6.07) is -0.319. The highest BCUT2D eigenvalue weighted by atomic mass is 32.1. The molecule has 6 heteroatoms. The molecule has 2 rings (SSSR count). The lowest BCUT2D eigenvalue weighted by Gasteiger charge is -2.16. The number of rotatable bonds is 3. The third-order valence-electron chi connectivity index (χ3n) is 3.12. The molecule has 1 fully saturated rings. The van der Waals surface area contributed by atoms with Crippen LogP contribution in [0, 0.1) is 13.8 Å². The zero-order valence-electron chi connectivity index (χ0n) is 10.9. The SMILES string of the molecule is Cc1nc(C)c(C(C)NC(=O)C2CC(O)CN2)s1. The van der Waals surface area contributed by atoms with Gasteiger partial charge in [0.1, 0.15) is 0 Å². The summed E-state index contributed by atoms with van der Waals surface area (Å²) in [5.41, 5.74) is 0.977. The summed E-state index contributed by atoms with van der Waals surface area (Å²) in [5.74, 6) is -0.0514. The molecule has 1 aliphatic heterocycles.